The normalized spacial score (nSPS) is 33.7. The summed E-state index contributed by atoms with van der Waals surface area (Å²) in [5.74, 6) is 0.524. The predicted molar refractivity (Wildman–Crippen MR) is 80.7 cm³/mol. The smallest absolute Gasteiger partial charge is 0.246 e. The summed E-state index contributed by atoms with van der Waals surface area (Å²) in [5.41, 5.74) is 0. The Morgan fingerprint density at radius 2 is 2.00 bits per heavy atom. The van der Waals surface area contributed by atoms with Crippen LogP contribution in [0.5, 0.6) is 0 Å². The van der Waals surface area contributed by atoms with Crippen LogP contribution in [0.4, 0.5) is 0 Å². The lowest BCUT2D eigenvalue weighted by atomic mass is 9.93. The summed E-state index contributed by atoms with van der Waals surface area (Å²) in [4.78, 5) is 26.8. The molecule has 0 aliphatic carbocycles. The third kappa shape index (κ3) is 3.23. The summed E-state index contributed by atoms with van der Waals surface area (Å²) in [6.07, 6.45) is 2.82. The quantitative estimate of drug-likeness (QED) is 0.837. The number of nitrogens with zero attached hydrogens (tertiary/aromatic N) is 1. The van der Waals surface area contributed by atoms with Gasteiger partial charge in [0.15, 0.2) is 0 Å². The van der Waals surface area contributed by atoms with E-state index >= 15 is 0 Å². The van der Waals surface area contributed by atoms with Crippen molar-refractivity contribution in [2.24, 2.45) is 11.8 Å². The van der Waals surface area contributed by atoms with Crippen molar-refractivity contribution in [2.75, 3.05) is 13.2 Å². The van der Waals surface area contributed by atoms with Crippen LogP contribution in [0.25, 0.3) is 0 Å². The number of rotatable bonds is 5. The summed E-state index contributed by atoms with van der Waals surface area (Å²) in [7, 11) is 0. The maximum absolute atomic E-state index is 12.7. The van der Waals surface area contributed by atoms with Crippen molar-refractivity contribution in [1.82, 2.24) is 10.2 Å². The molecule has 0 saturated carbocycles. The van der Waals surface area contributed by atoms with Crippen LogP contribution < -0.4 is 5.32 Å². The molecule has 2 saturated heterocycles. The van der Waals surface area contributed by atoms with Crippen molar-refractivity contribution >= 4 is 11.8 Å². The first-order valence-electron chi connectivity index (χ1n) is 8.22. The highest BCUT2D eigenvalue weighted by Crippen LogP contribution is 2.27. The molecule has 5 nitrogen and oxygen atoms in total. The van der Waals surface area contributed by atoms with Gasteiger partial charge < -0.3 is 15.0 Å². The number of carbonyl (C=O) groups is 2. The Morgan fingerprint density at radius 1 is 1.29 bits per heavy atom. The second-order valence-electron chi connectivity index (χ2n) is 6.51. The lowest BCUT2D eigenvalue weighted by molar-refractivity contribution is -0.151. The van der Waals surface area contributed by atoms with Gasteiger partial charge in [-0.3, -0.25) is 9.59 Å². The largest absolute Gasteiger partial charge is 0.378 e. The molecule has 0 aromatic rings. The Hall–Kier alpha value is -1.10. The predicted octanol–water partition coefficient (Wildman–Crippen LogP) is 1.56. The second kappa shape index (κ2) is 6.77. The van der Waals surface area contributed by atoms with Crippen molar-refractivity contribution in [3.8, 4) is 0 Å². The molecule has 0 spiro atoms. The molecule has 2 heterocycles. The maximum Gasteiger partial charge on any atom is 0.246 e. The average molecular weight is 296 g/mol. The lowest BCUT2D eigenvalue weighted by Gasteiger charge is -2.41. The number of piperazine rings is 1. The van der Waals surface area contributed by atoms with Crippen LogP contribution in [-0.4, -0.2) is 48.1 Å². The molecule has 120 valence electrons. The van der Waals surface area contributed by atoms with Crippen LogP contribution in [0, 0.1) is 11.8 Å². The van der Waals surface area contributed by atoms with Gasteiger partial charge in [0.1, 0.15) is 12.1 Å². The molecule has 21 heavy (non-hydrogen) atoms. The molecular formula is C16H28N2O3. The fraction of sp³-hybridized carbons (Fsp3) is 0.875. The summed E-state index contributed by atoms with van der Waals surface area (Å²) in [6, 6.07) is -0.715. The summed E-state index contributed by atoms with van der Waals surface area (Å²) in [5, 5.41) is 2.89. The molecule has 0 bridgehead atoms. The van der Waals surface area contributed by atoms with E-state index in [0.717, 1.165) is 19.4 Å². The number of hydrogen-bond donors (Lipinski definition) is 1. The van der Waals surface area contributed by atoms with Gasteiger partial charge in [-0.1, -0.05) is 27.7 Å². The van der Waals surface area contributed by atoms with Gasteiger partial charge in [-0.15, -0.1) is 0 Å². The fourth-order valence-electron chi connectivity index (χ4n) is 3.47. The van der Waals surface area contributed by atoms with Crippen LogP contribution >= 0.6 is 0 Å². The van der Waals surface area contributed by atoms with Crippen molar-refractivity contribution < 1.29 is 14.3 Å². The van der Waals surface area contributed by atoms with Gasteiger partial charge in [0.05, 0.1) is 6.10 Å². The van der Waals surface area contributed by atoms with E-state index in [0.29, 0.717) is 18.9 Å². The summed E-state index contributed by atoms with van der Waals surface area (Å²) >= 11 is 0. The third-order valence-electron chi connectivity index (χ3n) is 4.76. The van der Waals surface area contributed by atoms with Crippen LogP contribution in [-0.2, 0) is 14.3 Å². The number of nitrogens with one attached hydrogen (secondary N) is 1. The standard InChI is InChI=1S/C16H28N2O3/c1-5-12-15(19)17-14(10(3)4)16(20)18(12)9-11-7-8-21-13(11)6-2/h10-14H,5-9H2,1-4H3,(H,17,19). The molecule has 1 N–H and O–H groups in total. The molecule has 2 aliphatic heterocycles. The Balaban J connectivity index is 2.15. The van der Waals surface area contributed by atoms with E-state index in [1.807, 2.05) is 25.7 Å². The van der Waals surface area contributed by atoms with E-state index in [9.17, 15) is 9.59 Å². The van der Waals surface area contributed by atoms with Crippen LogP contribution in [0.15, 0.2) is 0 Å². The summed E-state index contributed by atoms with van der Waals surface area (Å²) in [6.45, 7) is 9.43. The van der Waals surface area contributed by atoms with Crippen LogP contribution in [0.2, 0.25) is 0 Å². The van der Waals surface area contributed by atoms with Crippen molar-refractivity contribution in [2.45, 2.75) is 65.1 Å². The molecule has 2 aliphatic rings. The van der Waals surface area contributed by atoms with Gasteiger partial charge in [0.2, 0.25) is 11.8 Å². The number of ether oxygens (including phenoxy) is 1. The molecule has 0 aromatic carbocycles. The molecule has 2 amide bonds. The van der Waals surface area contributed by atoms with E-state index in [4.69, 9.17) is 4.74 Å². The Bertz CT molecular complexity index is 397. The van der Waals surface area contributed by atoms with Crippen molar-refractivity contribution in [3.05, 3.63) is 0 Å². The van der Waals surface area contributed by atoms with Crippen molar-refractivity contribution in [3.63, 3.8) is 0 Å². The SMILES string of the molecule is CCC1OCCC1CN1C(=O)C(C(C)C)NC(=O)C1CC. The molecule has 4 unspecified atom stereocenters. The zero-order chi connectivity index (χ0) is 15.6. The number of carbonyl (C=O) groups excluding carboxylic acids is 2. The molecule has 0 radical (unpaired) electrons. The molecule has 5 heteroatoms. The van der Waals surface area contributed by atoms with Gasteiger partial charge in [0, 0.05) is 19.1 Å². The molecule has 2 fully saturated rings. The minimum absolute atomic E-state index is 0.0113. The van der Waals surface area contributed by atoms with E-state index in [2.05, 4.69) is 12.2 Å². The van der Waals surface area contributed by atoms with Crippen LogP contribution in [0.3, 0.4) is 0 Å². The topological polar surface area (TPSA) is 58.6 Å². The van der Waals surface area contributed by atoms with Crippen molar-refractivity contribution in [1.29, 1.82) is 0 Å². The monoisotopic (exact) mass is 296 g/mol. The summed E-state index contributed by atoms with van der Waals surface area (Å²) < 4.78 is 5.72. The highest BCUT2D eigenvalue weighted by atomic mass is 16.5. The molecule has 4 atom stereocenters. The maximum atomic E-state index is 12.7. The van der Waals surface area contributed by atoms with E-state index in [-0.39, 0.29) is 35.9 Å². The first kappa shape index (κ1) is 16.3. The second-order valence-corrected chi connectivity index (χ2v) is 6.51. The Kier molecular flexibility index (Phi) is 5.25. The number of hydrogen-bond acceptors (Lipinski definition) is 3. The van der Waals surface area contributed by atoms with Gasteiger partial charge in [-0.25, -0.2) is 0 Å². The van der Waals surface area contributed by atoms with Gasteiger partial charge in [-0.2, -0.15) is 0 Å². The number of amides is 2. The Labute approximate surface area is 127 Å². The van der Waals surface area contributed by atoms with Gasteiger partial charge >= 0.3 is 0 Å². The Morgan fingerprint density at radius 3 is 2.57 bits per heavy atom. The fourth-order valence-corrected chi connectivity index (χ4v) is 3.47. The third-order valence-corrected chi connectivity index (χ3v) is 4.76. The molecule has 0 aromatic heterocycles. The highest BCUT2D eigenvalue weighted by Gasteiger charge is 2.42. The zero-order valence-electron chi connectivity index (χ0n) is 13.6. The van der Waals surface area contributed by atoms with Gasteiger partial charge in [0.25, 0.3) is 0 Å². The average Bonchev–Trinajstić information content (AvgIpc) is 2.89. The molecule has 2 rings (SSSR count). The van der Waals surface area contributed by atoms with E-state index < -0.39 is 0 Å². The van der Waals surface area contributed by atoms with Crippen LogP contribution in [0.1, 0.15) is 47.0 Å². The van der Waals surface area contributed by atoms with E-state index in [1.165, 1.54) is 0 Å². The molecular weight excluding hydrogens is 268 g/mol. The van der Waals surface area contributed by atoms with Gasteiger partial charge in [-0.05, 0) is 25.2 Å². The lowest BCUT2D eigenvalue weighted by Crippen LogP contribution is -2.65. The first-order valence-corrected chi connectivity index (χ1v) is 8.22. The first-order chi connectivity index (χ1) is 9.99. The minimum atomic E-state index is -0.386. The minimum Gasteiger partial charge on any atom is -0.378 e. The van der Waals surface area contributed by atoms with E-state index in [1.54, 1.807) is 0 Å². The highest BCUT2D eigenvalue weighted by molar-refractivity contribution is 5.97. The zero-order valence-corrected chi connectivity index (χ0v) is 13.6.